The van der Waals surface area contributed by atoms with Gasteiger partial charge in [0.15, 0.2) is 0 Å². The summed E-state index contributed by atoms with van der Waals surface area (Å²) in [5, 5.41) is 6.57. The highest BCUT2D eigenvalue weighted by molar-refractivity contribution is 5.78. The van der Waals surface area contributed by atoms with Gasteiger partial charge in [-0.2, -0.15) is 0 Å². The van der Waals surface area contributed by atoms with Crippen LogP contribution < -0.4 is 10.6 Å². The number of rotatable bonds is 3. The van der Waals surface area contributed by atoms with Crippen LogP contribution in [0.4, 0.5) is 0 Å². The molecule has 0 bridgehead atoms. The fourth-order valence-electron chi connectivity index (χ4n) is 2.84. The fraction of sp³-hybridized carbons (Fsp3) is 0.500. The Balaban J connectivity index is 1.51. The lowest BCUT2D eigenvalue weighted by atomic mass is 10.1. The van der Waals surface area contributed by atoms with Crippen LogP contribution in [0, 0.1) is 0 Å². The van der Waals surface area contributed by atoms with Crippen molar-refractivity contribution >= 4 is 5.91 Å². The molecule has 90 valence electrons. The smallest absolute Gasteiger partial charge is 0.220 e. The SMILES string of the molecule is O=C1CCC(CNC2Cc3ccccc3C2)N1. The van der Waals surface area contributed by atoms with Gasteiger partial charge < -0.3 is 10.6 Å². The molecule has 3 rings (SSSR count). The maximum Gasteiger partial charge on any atom is 0.220 e. The number of fused-ring (bicyclic) bond motifs is 1. The average molecular weight is 230 g/mol. The van der Waals surface area contributed by atoms with E-state index in [1.807, 2.05) is 0 Å². The Kier molecular flexibility index (Phi) is 2.85. The van der Waals surface area contributed by atoms with Crippen molar-refractivity contribution in [3.05, 3.63) is 35.4 Å². The Morgan fingerprint density at radius 1 is 1.24 bits per heavy atom. The van der Waals surface area contributed by atoms with Crippen LogP contribution in [0.1, 0.15) is 24.0 Å². The highest BCUT2D eigenvalue weighted by atomic mass is 16.1. The van der Waals surface area contributed by atoms with Crippen LogP contribution in [0.15, 0.2) is 24.3 Å². The van der Waals surface area contributed by atoms with Crippen molar-refractivity contribution in [1.29, 1.82) is 0 Å². The molecule has 17 heavy (non-hydrogen) atoms. The molecule has 1 aliphatic heterocycles. The molecule has 1 fully saturated rings. The van der Waals surface area contributed by atoms with Gasteiger partial charge in [0.25, 0.3) is 0 Å². The number of nitrogens with one attached hydrogen (secondary N) is 2. The molecule has 1 unspecified atom stereocenters. The monoisotopic (exact) mass is 230 g/mol. The maximum atomic E-state index is 11.1. The second-order valence-electron chi connectivity index (χ2n) is 5.09. The third-order valence-electron chi connectivity index (χ3n) is 3.79. The van der Waals surface area contributed by atoms with E-state index in [1.54, 1.807) is 0 Å². The highest BCUT2D eigenvalue weighted by Gasteiger charge is 2.24. The van der Waals surface area contributed by atoms with Crippen LogP contribution in [-0.2, 0) is 17.6 Å². The van der Waals surface area contributed by atoms with Gasteiger partial charge in [-0.3, -0.25) is 4.79 Å². The predicted octanol–water partition coefficient (Wildman–Crippen LogP) is 1.02. The number of carbonyl (C=O) groups excluding carboxylic acids is 1. The van der Waals surface area contributed by atoms with E-state index in [0.717, 1.165) is 25.8 Å². The van der Waals surface area contributed by atoms with E-state index in [4.69, 9.17) is 0 Å². The first-order valence-corrected chi connectivity index (χ1v) is 6.41. The number of hydrogen-bond donors (Lipinski definition) is 2. The van der Waals surface area contributed by atoms with Gasteiger partial charge in [0.2, 0.25) is 5.91 Å². The molecule has 1 aliphatic carbocycles. The summed E-state index contributed by atoms with van der Waals surface area (Å²) in [6.07, 6.45) is 3.91. The first kappa shape index (κ1) is 10.8. The summed E-state index contributed by atoms with van der Waals surface area (Å²) >= 11 is 0. The van der Waals surface area contributed by atoms with Crippen molar-refractivity contribution in [2.75, 3.05) is 6.54 Å². The number of amides is 1. The van der Waals surface area contributed by atoms with E-state index >= 15 is 0 Å². The van der Waals surface area contributed by atoms with Gasteiger partial charge in [-0.15, -0.1) is 0 Å². The lowest BCUT2D eigenvalue weighted by molar-refractivity contribution is -0.119. The lowest BCUT2D eigenvalue weighted by Crippen LogP contribution is -2.40. The molecule has 1 atom stereocenters. The van der Waals surface area contributed by atoms with Gasteiger partial charge in [-0.25, -0.2) is 0 Å². The maximum absolute atomic E-state index is 11.1. The van der Waals surface area contributed by atoms with E-state index in [2.05, 4.69) is 34.9 Å². The topological polar surface area (TPSA) is 41.1 Å². The molecule has 2 N–H and O–H groups in total. The van der Waals surface area contributed by atoms with Crippen molar-refractivity contribution in [2.24, 2.45) is 0 Å². The minimum Gasteiger partial charge on any atom is -0.352 e. The van der Waals surface area contributed by atoms with Crippen molar-refractivity contribution in [3.8, 4) is 0 Å². The van der Waals surface area contributed by atoms with Crippen LogP contribution in [0.3, 0.4) is 0 Å². The molecule has 3 heteroatoms. The molecular weight excluding hydrogens is 212 g/mol. The van der Waals surface area contributed by atoms with Crippen molar-refractivity contribution < 1.29 is 4.79 Å². The van der Waals surface area contributed by atoms with E-state index in [9.17, 15) is 4.79 Å². The van der Waals surface area contributed by atoms with Gasteiger partial charge in [-0.05, 0) is 30.4 Å². The van der Waals surface area contributed by atoms with E-state index in [1.165, 1.54) is 11.1 Å². The van der Waals surface area contributed by atoms with E-state index in [-0.39, 0.29) is 5.91 Å². The van der Waals surface area contributed by atoms with Gasteiger partial charge >= 0.3 is 0 Å². The van der Waals surface area contributed by atoms with E-state index < -0.39 is 0 Å². The Labute approximate surface area is 102 Å². The van der Waals surface area contributed by atoms with Gasteiger partial charge in [0, 0.05) is 25.0 Å². The highest BCUT2D eigenvalue weighted by Crippen LogP contribution is 2.21. The molecule has 1 aromatic rings. The molecule has 1 heterocycles. The van der Waals surface area contributed by atoms with Crippen LogP contribution >= 0.6 is 0 Å². The molecule has 3 nitrogen and oxygen atoms in total. The summed E-state index contributed by atoms with van der Waals surface area (Å²) in [6, 6.07) is 9.54. The van der Waals surface area contributed by atoms with Crippen LogP contribution in [0.2, 0.25) is 0 Å². The molecule has 1 aromatic carbocycles. The van der Waals surface area contributed by atoms with Crippen LogP contribution in [-0.4, -0.2) is 24.5 Å². The zero-order valence-corrected chi connectivity index (χ0v) is 9.91. The molecule has 1 amide bonds. The molecule has 1 saturated heterocycles. The van der Waals surface area contributed by atoms with Crippen LogP contribution in [0.25, 0.3) is 0 Å². The fourth-order valence-corrected chi connectivity index (χ4v) is 2.84. The minimum atomic E-state index is 0.200. The molecule has 0 aromatic heterocycles. The Hall–Kier alpha value is -1.35. The molecule has 0 saturated carbocycles. The summed E-state index contributed by atoms with van der Waals surface area (Å²) in [6.45, 7) is 0.907. The molecule has 0 spiro atoms. The third-order valence-corrected chi connectivity index (χ3v) is 3.79. The molecule has 0 radical (unpaired) electrons. The normalized spacial score (nSPS) is 23.8. The quantitative estimate of drug-likeness (QED) is 0.814. The van der Waals surface area contributed by atoms with Gasteiger partial charge in [0.1, 0.15) is 0 Å². The zero-order valence-electron chi connectivity index (χ0n) is 9.91. The summed E-state index contributed by atoms with van der Waals surface area (Å²) in [4.78, 5) is 11.1. The zero-order chi connectivity index (χ0) is 11.7. The Morgan fingerprint density at radius 3 is 2.53 bits per heavy atom. The van der Waals surface area contributed by atoms with Crippen molar-refractivity contribution in [1.82, 2.24) is 10.6 Å². The van der Waals surface area contributed by atoms with Crippen molar-refractivity contribution in [3.63, 3.8) is 0 Å². The summed E-state index contributed by atoms with van der Waals surface area (Å²) in [5.74, 6) is 0.200. The summed E-state index contributed by atoms with van der Waals surface area (Å²) < 4.78 is 0. The van der Waals surface area contributed by atoms with E-state index in [0.29, 0.717) is 18.5 Å². The van der Waals surface area contributed by atoms with Crippen LogP contribution in [0.5, 0.6) is 0 Å². The number of hydrogen-bond acceptors (Lipinski definition) is 2. The largest absolute Gasteiger partial charge is 0.352 e. The van der Waals surface area contributed by atoms with Gasteiger partial charge in [-0.1, -0.05) is 24.3 Å². The summed E-state index contributed by atoms with van der Waals surface area (Å²) in [5.41, 5.74) is 2.95. The summed E-state index contributed by atoms with van der Waals surface area (Å²) in [7, 11) is 0. The third kappa shape index (κ3) is 2.34. The minimum absolute atomic E-state index is 0.200. The average Bonchev–Trinajstić information content (AvgIpc) is 2.91. The Morgan fingerprint density at radius 2 is 1.94 bits per heavy atom. The molecular formula is C14H18N2O. The van der Waals surface area contributed by atoms with Gasteiger partial charge in [0.05, 0.1) is 0 Å². The number of benzene rings is 1. The Bertz CT molecular complexity index is 405. The number of carbonyl (C=O) groups is 1. The first-order valence-electron chi connectivity index (χ1n) is 6.41. The van der Waals surface area contributed by atoms with Crippen molar-refractivity contribution in [2.45, 2.75) is 37.8 Å². The standard InChI is InChI=1S/C14H18N2O/c17-14-6-5-12(16-14)9-15-13-7-10-3-1-2-4-11(10)8-13/h1-4,12-13,15H,5-9H2,(H,16,17). The first-order chi connectivity index (χ1) is 8.31. The predicted molar refractivity (Wildman–Crippen MR) is 66.8 cm³/mol. The lowest BCUT2D eigenvalue weighted by Gasteiger charge is -2.16. The molecule has 2 aliphatic rings. The second kappa shape index (κ2) is 4.49. The second-order valence-corrected chi connectivity index (χ2v) is 5.09.